The van der Waals surface area contributed by atoms with Gasteiger partial charge in [-0.25, -0.2) is 4.98 Å². The highest BCUT2D eigenvalue weighted by Crippen LogP contribution is 2.20. The summed E-state index contributed by atoms with van der Waals surface area (Å²) in [4.78, 5) is 29.5. The van der Waals surface area contributed by atoms with E-state index in [1.165, 1.54) is 12.3 Å². The van der Waals surface area contributed by atoms with Gasteiger partial charge in [-0.2, -0.15) is 0 Å². The summed E-state index contributed by atoms with van der Waals surface area (Å²) in [6.07, 6.45) is 1.46. The van der Waals surface area contributed by atoms with Gasteiger partial charge in [0, 0.05) is 29.6 Å². The number of carbonyl (C=O) groups excluding carboxylic acids is 2. The van der Waals surface area contributed by atoms with Crippen molar-refractivity contribution in [2.45, 2.75) is 6.54 Å². The van der Waals surface area contributed by atoms with E-state index in [0.29, 0.717) is 23.4 Å². The van der Waals surface area contributed by atoms with Crippen molar-refractivity contribution >= 4 is 29.1 Å². The Hall–Kier alpha value is -2.44. The summed E-state index contributed by atoms with van der Waals surface area (Å²) in [5.74, 6) is -0.889. The quantitative estimate of drug-likeness (QED) is 0.821. The van der Waals surface area contributed by atoms with Gasteiger partial charge in [-0.1, -0.05) is 17.7 Å². The van der Waals surface area contributed by atoms with Gasteiger partial charge in [0.05, 0.1) is 0 Å². The molecule has 0 saturated carbocycles. The minimum absolute atomic E-state index is 0.233. The van der Waals surface area contributed by atoms with Crippen LogP contribution in [-0.2, 0) is 6.54 Å². The summed E-state index contributed by atoms with van der Waals surface area (Å²) in [7, 11) is 3.83. The second-order valence-electron chi connectivity index (χ2n) is 5.30. The number of amides is 2. The Balaban J connectivity index is 2.33. The van der Waals surface area contributed by atoms with Crippen molar-refractivity contribution in [1.29, 1.82) is 0 Å². The van der Waals surface area contributed by atoms with Crippen molar-refractivity contribution < 1.29 is 9.59 Å². The number of pyridine rings is 1. The smallest absolute Gasteiger partial charge is 0.255 e. The first kappa shape index (κ1) is 16.9. The maximum Gasteiger partial charge on any atom is 0.255 e. The van der Waals surface area contributed by atoms with Gasteiger partial charge in [-0.05, 0) is 43.9 Å². The predicted molar refractivity (Wildman–Crippen MR) is 89.6 cm³/mol. The Morgan fingerprint density at radius 1 is 1.22 bits per heavy atom. The van der Waals surface area contributed by atoms with E-state index in [-0.39, 0.29) is 11.1 Å². The highest BCUT2D eigenvalue weighted by Gasteiger charge is 2.13. The molecule has 2 aromatic rings. The van der Waals surface area contributed by atoms with E-state index in [1.807, 2.05) is 19.0 Å². The number of carbonyl (C=O) groups is 2. The Kier molecular flexibility index (Phi) is 5.31. The lowest BCUT2D eigenvalue weighted by Crippen LogP contribution is -2.18. The summed E-state index contributed by atoms with van der Waals surface area (Å²) in [5, 5.41) is 3.03. The molecule has 2 rings (SSSR count). The monoisotopic (exact) mass is 332 g/mol. The number of primary amides is 1. The zero-order valence-corrected chi connectivity index (χ0v) is 13.6. The van der Waals surface area contributed by atoms with Gasteiger partial charge in [0.15, 0.2) is 0 Å². The number of nitrogens with two attached hydrogens (primary N) is 1. The van der Waals surface area contributed by atoms with Crippen molar-refractivity contribution in [2.75, 3.05) is 19.4 Å². The molecule has 120 valence electrons. The second kappa shape index (κ2) is 7.21. The molecule has 0 aliphatic rings. The number of nitrogens with zero attached hydrogens (tertiary/aromatic N) is 2. The fourth-order valence-electron chi connectivity index (χ4n) is 2.06. The minimum Gasteiger partial charge on any atom is -0.366 e. The second-order valence-corrected chi connectivity index (χ2v) is 5.68. The third kappa shape index (κ3) is 4.51. The van der Waals surface area contributed by atoms with Crippen molar-refractivity contribution in [3.63, 3.8) is 0 Å². The third-order valence-electron chi connectivity index (χ3n) is 3.12. The number of anilines is 1. The number of benzene rings is 1. The fraction of sp³-hybridized carbons (Fsp3) is 0.188. The fourth-order valence-corrected chi connectivity index (χ4v) is 2.24. The molecule has 0 fully saturated rings. The molecule has 0 saturated heterocycles. The van der Waals surface area contributed by atoms with E-state index >= 15 is 0 Å². The van der Waals surface area contributed by atoms with Crippen molar-refractivity contribution in [3.8, 4) is 0 Å². The largest absolute Gasteiger partial charge is 0.366 e. The molecule has 2 amide bonds. The summed E-state index contributed by atoms with van der Waals surface area (Å²) < 4.78 is 0. The molecule has 1 aromatic heterocycles. The lowest BCUT2D eigenvalue weighted by Gasteiger charge is -2.16. The zero-order chi connectivity index (χ0) is 17.0. The number of hydrogen-bond acceptors (Lipinski definition) is 4. The first-order valence-corrected chi connectivity index (χ1v) is 7.25. The van der Waals surface area contributed by atoms with Gasteiger partial charge in [0.1, 0.15) is 5.15 Å². The normalized spacial score (nSPS) is 10.6. The molecule has 0 radical (unpaired) electrons. The molecule has 3 N–H and O–H groups in total. The van der Waals surface area contributed by atoms with Crippen molar-refractivity contribution in [3.05, 3.63) is 58.4 Å². The number of aromatic nitrogens is 1. The SMILES string of the molecule is CN(C)Cc1ccc(C(N)=O)cc1NC(=O)c1ccnc(Cl)c1. The number of hydrogen-bond donors (Lipinski definition) is 2. The average molecular weight is 333 g/mol. The van der Waals surface area contributed by atoms with Crippen LogP contribution in [0, 0.1) is 0 Å². The van der Waals surface area contributed by atoms with E-state index in [4.69, 9.17) is 17.3 Å². The van der Waals surface area contributed by atoms with Crippen LogP contribution >= 0.6 is 11.6 Å². The molecule has 1 heterocycles. The molecule has 0 unspecified atom stereocenters. The van der Waals surface area contributed by atoms with Gasteiger partial charge in [-0.15, -0.1) is 0 Å². The Bertz CT molecular complexity index is 747. The lowest BCUT2D eigenvalue weighted by molar-refractivity contribution is 0.0996. The molecule has 0 aliphatic carbocycles. The van der Waals surface area contributed by atoms with E-state index in [0.717, 1.165) is 5.56 Å². The van der Waals surface area contributed by atoms with Gasteiger partial charge in [-0.3, -0.25) is 9.59 Å². The van der Waals surface area contributed by atoms with E-state index in [9.17, 15) is 9.59 Å². The summed E-state index contributed by atoms with van der Waals surface area (Å²) in [6.45, 7) is 0.603. The predicted octanol–water partition coefficient (Wildman–Crippen LogP) is 2.15. The molecule has 7 heteroatoms. The van der Waals surface area contributed by atoms with Crippen LogP contribution in [0.15, 0.2) is 36.5 Å². The van der Waals surface area contributed by atoms with Crippen LogP contribution in [-0.4, -0.2) is 35.8 Å². The van der Waals surface area contributed by atoms with Gasteiger partial charge in [0.25, 0.3) is 5.91 Å². The molecule has 6 nitrogen and oxygen atoms in total. The van der Waals surface area contributed by atoms with Crippen molar-refractivity contribution in [2.24, 2.45) is 5.73 Å². The van der Waals surface area contributed by atoms with Crippen LogP contribution < -0.4 is 11.1 Å². The highest BCUT2D eigenvalue weighted by molar-refractivity contribution is 6.29. The summed E-state index contributed by atoms with van der Waals surface area (Å²) in [6, 6.07) is 8.02. The van der Waals surface area contributed by atoms with Crippen LogP contribution in [0.2, 0.25) is 5.15 Å². The zero-order valence-electron chi connectivity index (χ0n) is 12.8. The highest BCUT2D eigenvalue weighted by atomic mass is 35.5. The lowest BCUT2D eigenvalue weighted by atomic mass is 10.1. The van der Waals surface area contributed by atoms with Gasteiger partial charge >= 0.3 is 0 Å². The molecule has 0 aliphatic heterocycles. The first-order chi connectivity index (χ1) is 10.9. The van der Waals surface area contributed by atoms with Crippen molar-refractivity contribution in [1.82, 2.24) is 9.88 Å². The molecular weight excluding hydrogens is 316 g/mol. The topological polar surface area (TPSA) is 88.3 Å². The maximum atomic E-state index is 12.4. The maximum absolute atomic E-state index is 12.4. The van der Waals surface area contributed by atoms with Crippen LogP contribution in [0.25, 0.3) is 0 Å². The third-order valence-corrected chi connectivity index (χ3v) is 3.32. The van der Waals surface area contributed by atoms with Crippen LogP contribution in [0.4, 0.5) is 5.69 Å². The van der Waals surface area contributed by atoms with E-state index < -0.39 is 5.91 Å². The first-order valence-electron chi connectivity index (χ1n) is 6.87. The average Bonchev–Trinajstić information content (AvgIpc) is 2.48. The minimum atomic E-state index is -0.552. The Morgan fingerprint density at radius 3 is 2.57 bits per heavy atom. The molecule has 0 bridgehead atoms. The Morgan fingerprint density at radius 2 is 1.96 bits per heavy atom. The summed E-state index contributed by atoms with van der Waals surface area (Å²) >= 11 is 5.80. The molecule has 0 spiro atoms. The number of halogens is 1. The molecule has 0 atom stereocenters. The molecule has 1 aromatic carbocycles. The number of nitrogens with one attached hydrogen (secondary N) is 1. The van der Waals surface area contributed by atoms with Crippen LogP contribution in [0.3, 0.4) is 0 Å². The summed E-state index contributed by atoms with van der Waals surface area (Å²) in [5.41, 5.74) is 7.42. The standard InChI is InChI=1S/C16H17ClN4O2/c1-21(2)9-12-4-3-10(15(18)22)7-13(12)20-16(23)11-5-6-19-14(17)8-11/h3-8H,9H2,1-2H3,(H2,18,22)(H,20,23). The molecular formula is C16H17ClN4O2. The van der Waals surface area contributed by atoms with Crippen LogP contribution in [0.5, 0.6) is 0 Å². The van der Waals surface area contributed by atoms with Crippen LogP contribution in [0.1, 0.15) is 26.3 Å². The Labute approximate surface area is 139 Å². The van der Waals surface area contributed by atoms with E-state index in [2.05, 4.69) is 10.3 Å². The van der Waals surface area contributed by atoms with Gasteiger partial charge in [0.2, 0.25) is 5.91 Å². The molecule has 23 heavy (non-hydrogen) atoms. The van der Waals surface area contributed by atoms with Gasteiger partial charge < -0.3 is 16.0 Å². The van der Waals surface area contributed by atoms with E-state index in [1.54, 1.807) is 24.3 Å². The number of rotatable bonds is 5.